The van der Waals surface area contributed by atoms with Crippen LogP contribution in [0.25, 0.3) is 0 Å². The van der Waals surface area contributed by atoms with Crippen LogP contribution in [0.5, 0.6) is 5.75 Å². The molecule has 2 amide bonds. The van der Waals surface area contributed by atoms with Gasteiger partial charge in [0.2, 0.25) is 0 Å². The molecule has 23 heavy (non-hydrogen) atoms. The molecular weight excluding hydrogens is 359 g/mol. The molecular formula is C15H12Cl2N2O3S. The predicted octanol–water partition coefficient (Wildman–Crippen LogP) is 3.50. The van der Waals surface area contributed by atoms with E-state index < -0.39 is 11.8 Å². The van der Waals surface area contributed by atoms with E-state index in [1.165, 1.54) is 30.0 Å². The van der Waals surface area contributed by atoms with Crippen molar-refractivity contribution in [2.24, 2.45) is 0 Å². The van der Waals surface area contributed by atoms with E-state index in [1.807, 2.05) is 6.26 Å². The van der Waals surface area contributed by atoms with Crippen molar-refractivity contribution in [3.05, 3.63) is 57.6 Å². The van der Waals surface area contributed by atoms with Gasteiger partial charge in [0.25, 0.3) is 11.8 Å². The lowest BCUT2D eigenvalue weighted by Crippen LogP contribution is -2.41. The summed E-state index contributed by atoms with van der Waals surface area (Å²) in [5.41, 5.74) is 4.63. The van der Waals surface area contributed by atoms with Crippen LogP contribution in [0, 0.1) is 0 Å². The number of phenolic OH excluding ortho intramolecular Hbond substituents is 1. The van der Waals surface area contributed by atoms with Gasteiger partial charge < -0.3 is 5.11 Å². The zero-order valence-electron chi connectivity index (χ0n) is 11.9. The fraction of sp³-hybridized carbons (Fsp3) is 0.0667. The van der Waals surface area contributed by atoms with Gasteiger partial charge >= 0.3 is 0 Å². The van der Waals surface area contributed by atoms with Gasteiger partial charge in [-0.05, 0) is 42.7 Å². The van der Waals surface area contributed by atoms with Gasteiger partial charge in [-0.2, -0.15) is 0 Å². The minimum absolute atomic E-state index is 0.0539. The number of rotatable bonds is 3. The molecule has 3 N–H and O–H groups in total. The SMILES string of the molecule is CSc1ccc(Cl)c(C(=O)NNC(=O)c2cc(Cl)ccc2O)c1. The van der Waals surface area contributed by atoms with E-state index in [2.05, 4.69) is 10.9 Å². The molecule has 0 unspecified atom stereocenters. The molecule has 0 saturated carbocycles. The highest BCUT2D eigenvalue weighted by atomic mass is 35.5. The minimum Gasteiger partial charge on any atom is -0.507 e. The van der Waals surface area contributed by atoms with Crippen molar-refractivity contribution in [1.29, 1.82) is 0 Å². The molecule has 120 valence electrons. The number of carbonyl (C=O) groups excluding carboxylic acids is 2. The molecule has 5 nitrogen and oxygen atoms in total. The molecule has 0 aromatic heterocycles. The van der Waals surface area contributed by atoms with Crippen LogP contribution in [-0.4, -0.2) is 23.2 Å². The number of thioether (sulfide) groups is 1. The van der Waals surface area contributed by atoms with Crippen molar-refractivity contribution in [2.45, 2.75) is 4.90 Å². The molecule has 8 heteroatoms. The summed E-state index contributed by atoms with van der Waals surface area (Å²) in [6.07, 6.45) is 1.87. The molecule has 0 spiro atoms. The number of halogens is 2. The summed E-state index contributed by atoms with van der Waals surface area (Å²) in [6.45, 7) is 0. The van der Waals surface area contributed by atoms with Crippen LogP contribution in [0.4, 0.5) is 0 Å². The zero-order valence-corrected chi connectivity index (χ0v) is 14.2. The average Bonchev–Trinajstić information content (AvgIpc) is 2.55. The molecule has 0 aliphatic heterocycles. The van der Waals surface area contributed by atoms with Crippen molar-refractivity contribution in [2.75, 3.05) is 6.26 Å². The van der Waals surface area contributed by atoms with Gasteiger partial charge in [-0.15, -0.1) is 11.8 Å². The maximum Gasteiger partial charge on any atom is 0.273 e. The van der Waals surface area contributed by atoms with Crippen molar-refractivity contribution in [3.63, 3.8) is 0 Å². The summed E-state index contributed by atoms with van der Waals surface area (Å²) in [5.74, 6) is -1.51. The molecule has 0 radical (unpaired) electrons. The van der Waals surface area contributed by atoms with E-state index in [0.717, 1.165) is 4.90 Å². The predicted molar refractivity (Wildman–Crippen MR) is 91.3 cm³/mol. The monoisotopic (exact) mass is 370 g/mol. The zero-order chi connectivity index (χ0) is 17.0. The van der Waals surface area contributed by atoms with Gasteiger partial charge in [0, 0.05) is 9.92 Å². The molecule has 0 saturated heterocycles. The van der Waals surface area contributed by atoms with E-state index in [1.54, 1.807) is 18.2 Å². The van der Waals surface area contributed by atoms with Gasteiger partial charge in [-0.3, -0.25) is 20.4 Å². The third-order valence-corrected chi connectivity index (χ3v) is 4.20. The molecule has 2 aromatic carbocycles. The summed E-state index contributed by atoms with van der Waals surface area (Å²) in [6, 6.07) is 9.03. The molecule has 2 aromatic rings. The molecule has 0 bridgehead atoms. The number of nitrogens with one attached hydrogen (secondary N) is 2. The largest absolute Gasteiger partial charge is 0.507 e. The summed E-state index contributed by atoms with van der Waals surface area (Å²) in [7, 11) is 0. The lowest BCUT2D eigenvalue weighted by molar-refractivity contribution is 0.0845. The first-order valence-electron chi connectivity index (χ1n) is 6.35. The van der Waals surface area contributed by atoms with Gasteiger partial charge in [-0.1, -0.05) is 23.2 Å². The standard InChI is InChI=1S/C15H12Cl2N2O3S/c1-23-9-3-4-12(17)10(7-9)14(21)18-19-15(22)11-6-8(16)2-5-13(11)20/h2-7,20H,1H3,(H,18,21)(H,19,22). The van der Waals surface area contributed by atoms with E-state index in [0.29, 0.717) is 0 Å². The number of hydrogen-bond donors (Lipinski definition) is 3. The number of hydrogen-bond acceptors (Lipinski definition) is 4. The third-order valence-electron chi connectivity index (χ3n) is 2.91. The number of hydrazine groups is 1. The Labute approximate surface area is 147 Å². The van der Waals surface area contributed by atoms with Crippen LogP contribution in [-0.2, 0) is 0 Å². The third kappa shape index (κ3) is 4.31. The highest BCUT2D eigenvalue weighted by Gasteiger charge is 2.15. The van der Waals surface area contributed by atoms with Gasteiger partial charge in [0.1, 0.15) is 5.75 Å². The Morgan fingerprint density at radius 1 is 1.00 bits per heavy atom. The lowest BCUT2D eigenvalue weighted by Gasteiger charge is -2.10. The highest BCUT2D eigenvalue weighted by Crippen LogP contribution is 2.23. The van der Waals surface area contributed by atoms with Crippen LogP contribution in [0.15, 0.2) is 41.3 Å². The van der Waals surface area contributed by atoms with E-state index >= 15 is 0 Å². The second kappa shape index (κ2) is 7.59. The Balaban J connectivity index is 2.10. The summed E-state index contributed by atoms with van der Waals surface area (Å²) in [5, 5.41) is 10.2. The van der Waals surface area contributed by atoms with E-state index in [-0.39, 0.29) is 26.9 Å². The number of phenols is 1. The van der Waals surface area contributed by atoms with Crippen LogP contribution in [0.3, 0.4) is 0 Å². The maximum absolute atomic E-state index is 12.1. The van der Waals surface area contributed by atoms with Crippen LogP contribution in [0.1, 0.15) is 20.7 Å². The normalized spacial score (nSPS) is 10.2. The fourth-order valence-corrected chi connectivity index (χ4v) is 2.56. The van der Waals surface area contributed by atoms with E-state index in [9.17, 15) is 14.7 Å². The highest BCUT2D eigenvalue weighted by molar-refractivity contribution is 7.98. The van der Waals surface area contributed by atoms with E-state index in [4.69, 9.17) is 23.2 Å². The smallest absolute Gasteiger partial charge is 0.273 e. The van der Waals surface area contributed by atoms with Gasteiger partial charge in [-0.25, -0.2) is 0 Å². The summed E-state index contributed by atoms with van der Waals surface area (Å²) < 4.78 is 0. The Bertz CT molecular complexity index is 768. The average molecular weight is 371 g/mol. The fourth-order valence-electron chi connectivity index (χ4n) is 1.74. The van der Waals surface area contributed by atoms with Gasteiger partial charge in [0.15, 0.2) is 0 Å². The number of benzene rings is 2. The molecule has 0 aliphatic carbocycles. The summed E-state index contributed by atoms with van der Waals surface area (Å²) in [4.78, 5) is 25.0. The Morgan fingerprint density at radius 2 is 1.65 bits per heavy atom. The molecule has 0 atom stereocenters. The molecule has 0 fully saturated rings. The lowest BCUT2D eigenvalue weighted by atomic mass is 10.2. The quantitative estimate of drug-likeness (QED) is 0.570. The summed E-state index contributed by atoms with van der Waals surface area (Å²) >= 11 is 13.2. The first kappa shape index (κ1) is 17.5. The number of carbonyl (C=O) groups is 2. The Hall–Kier alpha value is -1.89. The van der Waals surface area contributed by atoms with Crippen LogP contribution < -0.4 is 10.9 Å². The van der Waals surface area contributed by atoms with Crippen LogP contribution >= 0.6 is 35.0 Å². The second-order valence-electron chi connectivity index (χ2n) is 4.42. The number of aromatic hydroxyl groups is 1. The topological polar surface area (TPSA) is 78.4 Å². The van der Waals surface area contributed by atoms with Crippen molar-refractivity contribution in [3.8, 4) is 5.75 Å². The van der Waals surface area contributed by atoms with Crippen LogP contribution in [0.2, 0.25) is 10.0 Å². The van der Waals surface area contributed by atoms with Gasteiger partial charge in [0.05, 0.1) is 16.1 Å². The second-order valence-corrected chi connectivity index (χ2v) is 6.14. The first-order chi connectivity index (χ1) is 10.9. The van der Waals surface area contributed by atoms with Crippen molar-refractivity contribution < 1.29 is 14.7 Å². The molecule has 2 rings (SSSR count). The number of amides is 2. The minimum atomic E-state index is -0.699. The van der Waals surface area contributed by atoms with Crippen molar-refractivity contribution in [1.82, 2.24) is 10.9 Å². The maximum atomic E-state index is 12.1. The van der Waals surface area contributed by atoms with Crippen molar-refractivity contribution >= 4 is 46.8 Å². The molecule has 0 aliphatic rings. The Kier molecular flexibility index (Phi) is 5.76. The first-order valence-corrected chi connectivity index (χ1v) is 8.33. The molecule has 0 heterocycles. The Morgan fingerprint density at radius 3 is 2.30 bits per heavy atom.